The van der Waals surface area contributed by atoms with Gasteiger partial charge in [-0.15, -0.1) is 0 Å². The fourth-order valence-corrected chi connectivity index (χ4v) is 1.27. The Bertz CT molecular complexity index is 443. The summed E-state index contributed by atoms with van der Waals surface area (Å²) >= 11 is 0. The van der Waals surface area contributed by atoms with Crippen LogP contribution in [0.2, 0.25) is 0 Å². The number of amides is 2. The molecule has 0 aliphatic carbocycles. The molecule has 0 unspecified atom stereocenters. The number of aromatic amines is 1. The minimum atomic E-state index is -0.507. The predicted octanol–water partition coefficient (Wildman–Crippen LogP) is -0.829. The fraction of sp³-hybridized carbons (Fsp3) is 0.250. The molecule has 1 N–H and O–H groups in total. The summed E-state index contributed by atoms with van der Waals surface area (Å²) in [5.74, 6) is -0.908. The van der Waals surface area contributed by atoms with E-state index >= 15 is 0 Å². The Labute approximate surface area is 84.2 Å². The molecular formula is C8H6N4O3. The molecule has 0 atom stereocenters. The van der Waals surface area contributed by atoms with E-state index < -0.39 is 11.8 Å². The van der Waals surface area contributed by atoms with Crippen molar-refractivity contribution in [3.05, 3.63) is 11.8 Å². The van der Waals surface area contributed by atoms with Crippen molar-refractivity contribution in [2.75, 3.05) is 18.1 Å². The summed E-state index contributed by atoms with van der Waals surface area (Å²) < 4.78 is 4.74. The van der Waals surface area contributed by atoms with Crippen molar-refractivity contribution >= 4 is 17.6 Å². The lowest BCUT2D eigenvalue weighted by Crippen LogP contribution is -2.46. The van der Waals surface area contributed by atoms with E-state index in [1.54, 1.807) is 0 Å². The van der Waals surface area contributed by atoms with Gasteiger partial charge in [0.25, 0.3) is 11.8 Å². The van der Waals surface area contributed by atoms with E-state index in [-0.39, 0.29) is 24.6 Å². The van der Waals surface area contributed by atoms with Gasteiger partial charge in [0.1, 0.15) is 24.8 Å². The Kier molecular flexibility index (Phi) is 2.19. The molecule has 1 aromatic rings. The molecule has 0 radical (unpaired) electrons. The van der Waals surface area contributed by atoms with Gasteiger partial charge < -0.3 is 4.74 Å². The number of morpholine rings is 1. The van der Waals surface area contributed by atoms with E-state index in [1.165, 1.54) is 6.20 Å². The van der Waals surface area contributed by atoms with E-state index in [2.05, 4.69) is 10.2 Å². The second-order valence-electron chi connectivity index (χ2n) is 2.86. The molecule has 1 saturated heterocycles. The molecule has 0 bridgehead atoms. The zero-order valence-electron chi connectivity index (χ0n) is 7.56. The maximum absolute atomic E-state index is 11.4. The summed E-state index contributed by atoms with van der Waals surface area (Å²) in [6, 6.07) is 1.83. The average molecular weight is 206 g/mol. The van der Waals surface area contributed by atoms with Gasteiger partial charge in [-0.25, -0.2) is 4.90 Å². The smallest absolute Gasteiger partial charge is 0.261 e. The van der Waals surface area contributed by atoms with Crippen molar-refractivity contribution < 1.29 is 14.3 Å². The maximum Gasteiger partial charge on any atom is 0.261 e. The topological polar surface area (TPSA) is 99.1 Å². The zero-order valence-corrected chi connectivity index (χ0v) is 7.56. The number of ether oxygens (including phenoxy) is 1. The van der Waals surface area contributed by atoms with Crippen molar-refractivity contribution in [2.24, 2.45) is 0 Å². The highest BCUT2D eigenvalue weighted by atomic mass is 16.5. The van der Waals surface area contributed by atoms with Gasteiger partial charge in [0.15, 0.2) is 5.82 Å². The first-order valence-electron chi connectivity index (χ1n) is 4.11. The highest BCUT2D eigenvalue weighted by molar-refractivity contribution is 6.16. The van der Waals surface area contributed by atoms with E-state index in [0.717, 1.165) is 4.90 Å². The van der Waals surface area contributed by atoms with Gasteiger partial charge in [-0.3, -0.25) is 14.7 Å². The van der Waals surface area contributed by atoms with Crippen LogP contribution < -0.4 is 4.90 Å². The van der Waals surface area contributed by atoms with Gasteiger partial charge in [-0.1, -0.05) is 0 Å². The first-order chi connectivity index (χ1) is 7.24. The van der Waals surface area contributed by atoms with E-state index in [0.29, 0.717) is 0 Å². The molecule has 1 aliphatic rings. The molecule has 1 fully saturated rings. The lowest BCUT2D eigenvalue weighted by atomic mass is 10.3. The molecule has 7 heteroatoms. The van der Waals surface area contributed by atoms with Crippen LogP contribution in [0, 0.1) is 11.3 Å². The number of carbonyl (C=O) groups is 2. The summed E-state index contributed by atoms with van der Waals surface area (Å²) in [6.07, 6.45) is 1.26. The number of nitrogens with one attached hydrogen (secondary N) is 1. The minimum Gasteiger partial charge on any atom is -0.362 e. The third-order valence-electron chi connectivity index (χ3n) is 1.91. The lowest BCUT2D eigenvalue weighted by Gasteiger charge is -2.23. The zero-order chi connectivity index (χ0) is 10.8. The number of carbonyl (C=O) groups excluding carboxylic acids is 2. The van der Waals surface area contributed by atoms with Crippen molar-refractivity contribution in [3.63, 3.8) is 0 Å². The van der Waals surface area contributed by atoms with Gasteiger partial charge in [-0.05, 0) is 0 Å². The molecule has 76 valence electrons. The summed E-state index contributed by atoms with van der Waals surface area (Å²) in [7, 11) is 0. The highest BCUT2D eigenvalue weighted by Gasteiger charge is 2.31. The number of nitriles is 1. The quantitative estimate of drug-likeness (QED) is 0.604. The van der Waals surface area contributed by atoms with Gasteiger partial charge >= 0.3 is 0 Å². The molecule has 2 heterocycles. The van der Waals surface area contributed by atoms with Crippen LogP contribution in [0.4, 0.5) is 5.82 Å². The predicted molar refractivity (Wildman–Crippen MR) is 46.6 cm³/mol. The normalized spacial score (nSPS) is 16.6. The molecule has 1 aromatic heterocycles. The van der Waals surface area contributed by atoms with Crippen molar-refractivity contribution in [3.8, 4) is 6.07 Å². The largest absolute Gasteiger partial charge is 0.362 e. The molecule has 0 saturated carbocycles. The number of rotatable bonds is 1. The van der Waals surface area contributed by atoms with Crippen LogP contribution >= 0.6 is 0 Å². The Hall–Kier alpha value is -2.20. The first-order valence-corrected chi connectivity index (χ1v) is 4.11. The van der Waals surface area contributed by atoms with Crippen LogP contribution in [0.1, 0.15) is 5.56 Å². The number of anilines is 1. The molecule has 2 rings (SSSR count). The van der Waals surface area contributed by atoms with Crippen LogP contribution in [0.25, 0.3) is 0 Å². The second kappa shape index (κ2) is 3.51. The molecule has 1 aliphatic heterocycles. The number of nitrogens with zero attached hydrogens (tertiary/aromatic N) is 3. The Morgan fingerprint density at radius 3 is 2.73 bits per heavy atom. The van der Waals surface area contributed by atoms with Crippen molar-refractivity contribution in [2.45, 2.75) is 0 Å². The Morgan fingerprint density at radius 2 is 2.13 bits per heavy atom. The Balaban J connectivity index is 2.41. The van der Waals surface area contributed by atoms with Gasteiger partial charge in [0.2, 0.25) is 0 Å². The van der Waals surface area contributed by atoms with Crippen LogP contribution in [0.15, 0.2) is 6.20 Å². The minimum absolute atomic E-state index is 0.107. The molecule has 0 aromatic carbocycles. The molecule has 0 spiro atoms. The molecule has 15 heavy (non-hydrogen) atoms. The molecule has 7 nitrogen and oxygen atoms in total. The van der Waals surface area contributed by atoms with Gasteiger partial charge in [0, 0.05) is 0 Å². The summed E-state index contributed by atoms with van der Waals surface area (Å²) in [5, 5.41) is 14.8. The third-order valence-corrected chi connectivity index (χ3v) is 1.91. The number of imide groups is 1. The number of hydrogen-bond acceptors (Lipinski definition) is 5. The standard InChI is InChI=1S/C8H6N4O3/c9-1-5-2-10-11-8(5)12-6(13)3-15-4-7(12)14/h2H,3-4H2,(H,10,11). The van der Waals surface area contributed by atoms with Crippen LogP contribution in [0.3, 0.4) is 0 Å². The van der Waals surface area contributed by atoms with Crippen molar-refractivity contribution in [1.29, 1.82) is 5.26 Å². The first kappa shape index (κ1) is 9.36. The fourth-order valence-electron chi connectivity index (χ4n) is 1.27. The molecule has 2 amide bonds. The van der Waals surface area contributed by atoms with E-state index in [9.17, 15) is 9.59 Å². The number of aromatic nitrogens is 2. The number of H-pyrrole nitrogens is 1. The van der Waals surface area contributed by atoms with E-state index in [4.69, 9.17) is 10.00 Å². The van der Waals surface area contributed by atoms with E-state index in [1.807, 2.05) is 6.07 Å². The SMILES string of the molecule is N#Cc1cn[nH]c1N1C(=O)COCC1=O. The monoisotopic (exact) mass is 206 g/mol. The van der Waals surface area contributed by atoms with Gasteiger partial charge in [-0.2, -0.15) is 10.4 Å². The van der Waals surface area contributed by atoms with Crippen LogP contribution in [-0.4, -0.2) is 35.2 Å². The number of hydrogen-bond donors (Lipinski definition) is 1. The van der Waals surface area contributed by atoms with Crippen LogP contribution in [0.5, 0.6) is 0 Å². The van der Waals surface area contributed by atoms with Crippen LogP contribution in [-0.2, 0) is 14.3 Å². The second-order valence-corrected chi connectivity index (χ2v) is 2.86. The summed E-state index contributed by atoms with van der Waals surface area (Å²) in [4.78, 5) is 23.7. The average Bonchev–Trinajstić information content (AvgIpc) is 2.65. The summed E-state index contributed by atoms with van der Waals surface area (Å²) in [5.41, 5.74) is 0.151. The molecular weight excluding hydrogens is 200 g/mol. The third kappa shape index (κ3) is 1.47. The van der Waals surface area contributed by atoms with Gasteiger partial charge in [0.05, 0.1) is 6.20 Å². The lowest BCUT2D eigenvalue weighted by molar-refractivity contribution is -0.138. The van der Waals surface area contributed by atoms with Crippen molar-refractivity contribution in [1.82, 2.24) is 10.2 Å². The Morgan fingerprint density at radius 1 is 1.47 bits per heavy atom. The maximum atomic E-state index is 11.4. The highest BCUT2D eigenvalue weighted by Crippen LogP contribution is 2.18. The summed E-state index contributed by atoms with van der Waals surface area (Å²) in [6.45, 7) is -0.342.